The summed E-state index contributed by atoms with van der Waals surface area (Å²) in [6.45, 7) is 0.910. The smallest absolute Gasteiger partial charge is 0.420 e. The molecule has 2 N–H and O–H groups in total. The Bertz CT molecular complexity index is 468. The van der Waals surface area contributed by atoms with E-state index in [0.717, 1.165) is 14.0 Å². The van der Waals surface area contributed by atoms with Crippen molar-refractivity contribution in [1.29, 1.82) is 0 Å². The Balaban J connectivity index is 3.64. The van der Waals surface area contributed by atoms with Gasteiger partial charge in [-0.2, -0.15) is 13.2 Å². The van der Waals surface area contributed by atoms with E-state index in [4.69, 9.17) is 5.73 Å². The van der Waals surface area contributed by atoms with E-state index in [0.29, 0.717) is 6.07 Å². The zero-order chi connectivity index (χ0) is 13.4. The summed E-state index contributed by atoms with van der Waals surface area (Å²) in [7, 11) is 0.993. The Morgan fingerprint density at radius 1 is 1.41 bits per heavy atom. The summed E-state index contributed by atoms with van der Waals surface area (Å²) in [5.74, 6) is -3.08. The van der Waals surface area contributed by atoms with Crippen LogP contribution in [0, 0.1) is 12.7 Å². The maximum Gasteiger partial charge on any atom is 0.420 e. The molecular weight excluding hydrogens is 242 g/mol. The van der Waals surface area contributed by atoms with E-state index in [2.05, 4.69) is 4.74 Å². The maximum absolute atomic E-state index is 13.5. The molecule has 94 valence electrons. The Morgan fingerprint density at radius 2 is 1.94 bits per heavy atom. The van der Waals surface area contributed by atoms with Crippen LogP contribution in [0.2, 0.25) is 0 Å². The Hall–Kier alpha value is -1.79. The van der Waals surface area contributed by atoms with Crippen molar-refractivity contribution in [2.24, 2.45) is 5.73 Å². The number of benzene rings is 1. The van der Waals surface area contributed by atoms with Gasteiger partial charge >= 0.3 is 6.18 Å². The summed E-state index contributed by atoms with van der Waals surface area (Å²) in [6.07, 6.45) is -4.77. The fraction of sp³-hybridized carbons (Fsp3) is 0.300. The van der Waals surface area contributed by atoms with Gasteiger partial charge in [-0.25, -0.2) is 4.39 Å². The van der Waals surface area contributed by atoms with Gasteiger partial charge in [0, 0.05) is 5.56 Å². The molecule has 3 nitrogen and oxygen atoms in total. The van der Waals surface area contributed by atoms with E-state index in [9.17, 15) is 22.4 Å². The van der Waals surface area contributed by atoms with Crippen LogP contribution >= 0.6 is 0 Å². The second kappa shape index (κ2) is 4.23. The lowest BCUT2D eigenvalue weighted by Crippen LogP contribution is -2.18. The topological polar surface area (TPSA) is 52.3 Å². The molecule has 0 radical (unpaired) electrons. The molecule has 1 aromatic rings. The number of primary amides is 1. The SMILES string of the molecule is COc1cc(C(N)=O)c(F)c(C)c1C(F)(F)F. The lowest BCUT2D eigenvalue weighted by Gasteiger charge is -2.16. The molecule has 0 atom stereocenters. The van der Waals surface area contributed by atoms with Crippen LogP contribution in [0.25, 0.3) is 0 Å². The number of methoxy groups -OCH3 is 1. The van der Waals surface area contributed by atoms with Crippen LogP contribution in [-0.4, -0.2) is 13.0 Å². The van der Waals surface area contributed by atoms with Gasteiger partial charge in [0.15, 0.2) is 0 Å². The summed E-state index contributed by atoms with van der Waals surface area (Å²) in [5, 5.41) is 0. The number of amides is 1. The average Bonchev–Trinajstić information content (AvgIpc) is 2.19. The van der Waals surface area contributed by atoms with Crippen LogP contribution in [-0.2, 0) is 6.18 Å². The quantitative estimate of drug-likeness (QED) is 0.819. The number of halogens is 4. The average molecular weight is 251 g/mol. The summed E-state index contributed by atoms with van der Waals surface area (Å²) in [4.78, 5) is 10.8. The van der Waals surface area contributed by atoms with Gasteiger partial charge in [-0.3, -0.25) is 4.79 Å². The number of hydrogen-bond acceptors (Lipinski definition) is 2. The first kappa shape index (κ1) is 13.3. The highest BCUT2D eigenvalue weighted by Gasteiger charge is 2.38. The first-order chi connectivity index (χ1) is 7.70. The van der Waals surface area contributed by atoms with E-state index in [1.807, 2.05) is 0 Å². The molecule has 17 heavy (non-hydrogen) atoms. The van der Waals surface area contributed by atoms with Gasteiger partial charge in [0.05, 0.1) is 12.7 Å². The fourth-order valence-electron chi connectivity index (χ4n) is 1.46. The van der Waals surface area contributed by atoms with Gasteiger partial charge in [0.2, 0.25) is 0 Å². The van der Waals surface area contributed by atoms with Gasteiger partial charge in [0.25, 0.3) is 5.91 Å². The predicted octanol–water partition coefficient (Wildman–Crippen LogP) is 2.26. The van der Waals surface area contributed by atoms with Crippen LogP contribution in [0.15, 0.2) is 6.07 Å². The molecule has 0 aliphatic carbocycles. The van der Waals surface area contributed by atoms with E-state index >= 15 is 0 Å². The van der Waals surface area contributed by atoms with Crippen LogP contribution < -0.4 is 10.5 Å². The fourth-order valence-corrected chi connectivity index (χ4v) is 1.46. The minimum atomic E-state index is -4.77. The second-order valence-electron chi connectivity index (χ2n) is 3.30. The maximum atomic E-state index is 13.5. The van der Waals surface area contributed by atoms with E-state index in [1.54, 1.807) is 0 Å². The number of carbonyl (C=O) groups excluding carboxylic acids is 1. The van der Waals surface area contributed by atoms with Gasteiger partial charge in [-0.15, -0.1) is 0 Å². The molecule has 1 rings (SSSR count). The molecule has 0 aliphatic heterocycles. The highest BCUT2D eigenvalue weighted by molar-refractivity contribution is 5.94. The highest BCUT2D eigenvalue weighted by Crippen LogP contribution is 2.40. The molecule has 0 fully saturated rings. The number of rotatable bonds is 2. The zero-order valence-electron chi connectivity index (χ0n) is 8.98. The predicted molar refractivity (Wildman–Crippen MR) is 51.2 cm³/mol. The lowest BCUT2D eigenvalue weighted by molar-refractivity contribution is -0.139. The second-order valence-corrected chi connectivity index (χ2v) is 3.30. The van der Waals surface area contributed by atoms with Crippen molar-refractivity contribution in [3.8, 4) is 5.75 Å². The van der Waals surface area contributed by atoms with E-state index in [1.165, 1.54) is 0 Å². The molecular formula is C10H9F4NO2. The third kappa shape index (κ3) is 2.32. The summed E-state index contributed by atoms with van der Waals surface area (Å²) in [6, 6.07) is 0.646. The molecule has 1 aromatic carbocycles. The third-order valence-electron chi connectivity index (χ3n) is 2.23. The summed E-state index contributed by atoms with van der Waals surface area (Å²) < 4.78 is 55.9. The molecule has 0 saturated heterocycles. The van der Waals surface area contributed by atoms with E-state index < -0.39 is 40.3 Å². The summed E-state index contributed by atoms with van der Waals surface area (Å²) >= 11 is 0. The van der Waals surface area contributed by atoms with Crippen molar-refractivity contribution in [1.82, 2.24) is 0 Å². The molecule has 0 spiro atoms. The highest BCUT2D eigenvalue weighted by atomic mass is 19.4. The molecule has 7 heteroatoms. The first-order valence-electron chi connectivity index (χ1n) is 4.44. The lowest BCUT2D eigenvalue weighted by atomic mass is 10.0. The van der Waals surface area contributed by atoms with Gasteiger partial charge in [-0.05, 0) is 13.0 Å². The molecule has 1 amide bonds. The Labute approximate surface area is 94.2 Å². The third-order valence-corrected chi connectivity index (χ3v) is 2.23. The monoisotopic (exact) mass is 251 g/mol. The Kier molecular flexibility index (Phi) is 3.30. The van der Waals surface area contributed by atoms with Crippen molar-refractivity contribution in [3.63, 3.8) is 0 Å². The van der Waals surface area contributed by atoms with Crippen LogP contribution in [0.4, 0.5) is 17.6 Å². The number of nitrogens with two attached hydrogens (primary N) is 1. The number of carbonyl (C=O) groups is 1. The van der Waals surface area contributed by atoms with Crippen molar-refractivity contribution < 1.29 is 27.1 Å². The van der Waals surface area contributed by atoms with Crippen LogP contribution in [0.5, 0.6) is 5.75 Å². The first-order valence-corrected chi connectivity index (χ1v) is 4.44. The standard InChI is InChI=1S/C10H9F4NO2/c1-4-7(10(12,13)14)6(17-2)3-5(8(4)11)9(15)16/h3H,1-2H3,(H2,15,16). The largest absolute Gasteiger partial charge is 0.496 e. The zero-order valence-corrected chi connectivity index (χ0v) is 8.98. The molecule has 0 unspecified atom stereocenters. The molecule has 0 bridgehead atoms. The van der Waals surface area contributed by atoms with Gasteiger partial charge in [0.1, 0.15) is 17.1 Å². The Morgan fingerprint density at radius 3 is 2.29 bits per heavy atom. The molecule has 0 aliphatic rings. The number of hydrogen-bond donors (Lipinski definition) is 1. The van der Waals surface area contributed by atoms with Crippen LogP contribution in [0.3, 0.4) is 0 Å². The van der Waals surface area contributed by atoms with E-state index in [-0.39, 0.29) is 0 Å². The molecule has 0 aromatic heterocycles. The van der Waals surface area contributed by atoms with Crippen molar-refractivity contribution in [3.05, 3.63) is 28.6 Å². The van der Waals surface area contributed by atoms with Gasteiger partial charge < -0.3 is 10.5 Å². The normalized spacial score (nSPS) is 11.4. The minimum absolute atomic E-state index is 0.632. The van der Waals surface area contributed by atoms with Crippen LogP contribution in [0.1, 0.15) is 21.5 Å². The number of alkyl halides is 3. The molecule has 0 saturated carbocycles. The molecule has 0 heterocycles. The minimum Gasteiger partial charge on any atom is -0.496 e. The van der Waals surface area contributed by atoms with Crippen molar-refractivity contribution in [2.75, 3.05) is 7.11 Å². The van der Waals surface area contributed by atoms with Crippen molar-refractivity contribution >= 4 is 5.91 Å². The van der Waals surface area contributed by atoms with Crippen molar-refractivity contribution in [2.45, 2.75) is 13.1 Å². The van der Waals surface area contributed by atoms with Gasteiger partial charge in [-0.1, -0.05) is 0 Å². The number of ether oxygens (including phenoxy) is 1. The summed E-state index contributed by atoms with van der Waals surface area (Å²) in [5.41, 5.74) is 2.25.